The van der Waals surface area contributed by atoms with Crippen LogP contribution in [0.2, 0.25) is 0 Å². The zero-order chi connectivity index (χ0) is 15.2. The van der Waals surface area contributed by atoms with Crippen LogP contribution in [0, 0.1) is 5.92 Å². The number of ether oxygens (including phenoxy) is 1. The van der Waals surface area contributed by atoms with Gasteiger partial charge in [-0.05, 0) is 30.5 Å². The molecule has 5 heteroatoms. The van der Waals surface area contributed by atoms with Gasteiger partial charge < -0.3 is 15.4 Å². The van der Waals surface area contributed by atoms with E-state index in [9.17, 15) is 9.59 Å². The minimum absolute atomic E-state index is 0.0336. The van der Waals surface area contributed by atoms with Gasteiger partial charge in [-0.3, -0.25) is 9.59 Å². The van der Waals surface area contributed by atoms with E-state index in [-0.39, 0.29) is 23.8 Å². The largest absolute Gasteiger partial charge is 0.497 e. The lowest BCUT2D eigenvalue weighted by atomic mass is 10.0. The second kappa shape index (κ2) is 7.11. The highest BCUT2D eigenvalue weighted by atomic mass is 16.5. The smallest absolute Gasteiger partial charge is 0.225 e. The lowest BCUT2D eigenvalue weighted by molar-refractivity contribution is -0.127. The predicted octanol–water partition coefficient (Wildman–Crippen LogP) is 1.27. The van der Waals surface area contributed by atoms with Gasteiger partial charge in [-0.25, -0.2) is 0 Å². The number of rotatable bonds is 6. The minimum Gasteiger partial charge on any atom is -0.497 e. The highest BCUT2D eigenvalue weighted by Gasteiger charge is 2.28. The first-order chi connectivity index (χ1) is 10.1. The normalized spacial score (nSPS) is 19.0. The molecule has 1 aromatic rings. The Labute approximate surface area is 125 Å². The minimum atomic E-state index is -0.234. The molecule has 1 heterocycles. The Balaban J connectivity index is 1.89. The van der Waals surface area contributed by atoms with Crippen LogP contribution in [0.1, 0.15) is 25.3 Å². The summed E-state index contributed by atoms with van der Waals surface area (Å²) in [6, 6.07) is 7.94. The van der Waals surface area contributed by atoms with Crippen molar-refractivity contribution in [3.05, 3.63) is 29.8 Å². The number of nitrogens with one attached hydrogen (secondary N) is 2. The number of amides is 2. The number of hydrogen-bond donors (Lipinski definition) is 2. The third-order valence-electron chi connectivity index (χ3n) is 3.83. The van der Waals surface area contributed by atoms with E-state index in [0.717, 1.165) is 24.2 Å². The first kappa shape index (κ1) is 15.4. The van der Waals surface area contributed by atoms with Crippen molar-refractivity contribution in [2.45, 2.75) is 32.2 Å². The summed E-state index contributed by atoms with van der Waals surface area (Å²) >= 11 is 0. The van der Waals surface area contributed by atoms with Crippen molar-refractivity contribution in [3.63, 3.8) is 0 Å². The van der Waals surface area contributed by atoms with Crippen LogP contribution in [-0.4, -0.2) is 31.5 Å². The maximum Gasteiger partial charge on any atom is 0.225 e. The van der Waals surface area contributed by atoms with Crippen molar-refractivity contribution in [1.29, 1.82) is 0 Å². The molecular weight excluding hydrogens is 268 g/mol. The monoisotopic (exact) mass is 290 g/mol. The molecular formula is C16H22N2O3. The van der Waals surface area contributed by atoms with Gasteiger partial charge in [0.15, 0.2) is 0 Å². The Morgan fingerprint density at radius 1 is 1.43 bits per heavy atom. The summed E-state index contributed by atoms with van der Waals surface area (Å²) in [5.41, 5.74) is 1.16. The SMILES string of the molecule is CCC(Cc1ccc(OC)cc1)NC(=O)C1CNC(=O)C1. The fraction of sp³-hybridized carbons (Fsp3) is 0.500. The van der Waals surface area contributed by atoms with Gasteiger partial charge in [-0.2, -0.15) is 0 Å². The Bertz CT molecular complexity index is 499. The quantitative estimate of drug-likeness (QED) is 0.829. The first-order valence-corrected chi connectivity index (χ1v) is 7.32. The van der Waals surface area contributed by atoms with Gasteiger partial charge in [0.25, 0.3) is 0 Å². The number of benzene rings is 1. The van der Waals surface area contributed by atoms with Gasteiger partial charge in [0, 0.05) is 19.0 Å². The molecule has 2 atom stereocenters. The van der Waals surface area contributed by atoms with Crippen molar-refractivity contribution < 1.29 is 14.3 Å². The Hall–Kier alpha value is -2.04. The molecule has 0 aliphatic carbocycles. The summed E-state index contributed by atoms with van der Waals surface area (Å²) < 4.78 is 5.13. The van der Waals surface area contributed by atoms with E-state index in [2.05, 4.69) is 10.6 Å². The summed E-state index contributed by atoms with van der Waals surface area (Å²) in [4.78, 5) is 23.3. The molecule has 1 saturated heterocycles. The van der Waals surface area contributed by atoms with E-state index in [4.69, 9.17) is 4.74 Å². The summed E-state index contributed by atoms with van der Waals surface area (Å²) in [5.74, 6) is 0.515. The van der Waals surface area contributed by atoms with Crippen molar-refractivity contribution in [1.82, 2.24) is 10.6 Å². The zero-order valence-electron chi connectivity index (χ0n) is 12.5. The van der Waals surface area contributed by atoms with Gasteiger partial charge in [-0.1, -0.05) is 19.1 Å². The molecule has 0 saturated carbocycles. The average Bonchev–Trinajstić information content (AvgIpc) is 2.94. The second-order valence-corrected chi connectivity index (χ2v) is 5.37. The van der Waals surface area contributed by atoms with E-state index in [1.54, 1.807) is 7.11 Å². The van der Waals surface area contributed by atoms with Crippen LogP contribution < -0.4 is 15.4 Å². The fourth-order valence-electron chi connectivity index (χ4n) is 2.45. The van der Waals surface area contributed by atoms with Crippen molar-refractivity contribution in [2.24, 2.45) is 5.92 Å². The molecule has 1 aromatic carbocycles. The molecule has 0 spiro atoms. The summed E-state index contributed by atoms with van der Waals surface area (Å²) in [5, 5.41) is 5.73. The maximum atomic E-state index is 12.1. The van der Waals surface area contributed by atoms with E-state index in [1.165, 1.54) is 0 Å². The standard InChI is InChI=1S/C16H22N2O3/c1-3-13(8-11-4-6-14(21-2)7-5-11)18-16(20)12-9-15(19)17-10-12/h4-7,12-13H,3,8-10H2,1-2H3,(H,17,19)(H,18,20). The van der Waals surface area contributed by atoms with E-state index in [1.807, 2.05) is 31.2 Å². The molecule has 0 bridgehead atoms. The van der Waals surface area contributed by atoms with Crippen LogP contribution in [0.3, 0.4) is 0 Å². The topological polar surface area (TPSA) is 67.4 Å². The highest BCUT2D eigenvalue weighted by molar-refractivity contribution is 5.89. The molecule has 2 rings (SSSR count). The van der Waals surface area contributed by atoms with Gasteiger partial charge in [0.2, 0.25) is 11.8 Å². The number of carbonyl (C=O) groups is 2. The van der Waals surface area contributed by atoms with E-state index >= 15 is 0 Å². The van der Waals surface area contributed by atoms with Crippen LogP contribution in [0.4, 0.5) is 0 Å². The molecule has 5 nitrogen and oxygen atoms in total. The summed E-state index contributed by atoms with van der Waals surface area (Å²) in [6.07, 6.45) is 1.93. The molecule has 0 aromatic heterocycles. The highest BCUT2D eigenvalue weighted by Crippen LogP contribution is 2.14. The molecule has 1 aliphatic heterocycles. The van der Waals surface area contributed by atoms with Crippen molar-refractivity contribution in [3.8, 4) is 5.75 Å². The molecule has 2 amide bonds. The zero-order valence-corrected chi connectivity index (χ0v) is 12.5. The van der Waals surface area contributed by atoms with Crippen LogP contribution >= 0.6 is 0 Å². The predicted molar refractivity (Wildman–Crippen MR) is 80.0 cm³/mol. The molecule has 2 N–H and O–H groups in total. The molecule has 2 unspecified atom stereocenters. The average molecular weight is 290 g/mol. The van der Waals surface area contributed by atoms with Crippen molar-refractivity contribution >= 4 is 11.8 Å². The Kier molecular flexibility index (Phi) is 5.20. The van der Waals surface area contributed by atoms with E-state index in [0.29, 0.717) is 13.0 Å². The van der Waals surface area contributed by atoms with Crippen LogP contribution in [0.5, 0.6) is 5.75 Å². The Morgan fingerprint density at radius 3 is 2.67 bits per heavy atom. The molecule has 0 radical (unpaired) electrons. The lowest BCUT2D eigenvalue weighted by Crippen LogP contribution is -2.40. The van der Waals surface area contributed by atoms with Crippen LogP contribution in [-0.2, 0) is 16.0 Å². The maximum absolute atomic E-state index is 12.1. The van der Waals surface area contributed by atoms with Gasteiger partial charge in [0.05, 0.1) is 13.0 Å². The van der Waals surface area contributed by atoms with Crippen LogP contribution in [0.15, 0.2) is 24.3 Å². The summed E-state index contributed by atoms with van der Waals surface area (Å²) in [7, 11) is 1.64. The molecule has 1 aliphatic rings. The molecule has 1 fully saturated rings. The van der Waals surface area contributed by atoms with Crippen molar-refractivity contribution in [2.75, 3.05) is 13.7 Å². The third kappa shape index (κ3) is 4.21. The van der Waals surface area contributed by atoms with Gasteiger partial charge in [0.1, 0.15) is 5.75 Å². The molecule has 21 heavy (non-hydrogen) atoms. The number of carbonyl (C=O) groups excluding carboxylic acids is 2. The summed E-state index contributed by atoms with van der Waals surface area (Å²) in [6.45, 7) is 2.50. The fourth-order valence-corrected chi connectivity index (χ4v) is 2.45. The first-order valence-electron chi connectivity index (χ1n) is 7.32. The van der Waals surface area contributed by atoms with Gasteiger partial charge >= 0.3 is 0 Å². The van der Waals surface area contributed by atoms with Gasteiger partial charge in [-0.15, -0.1) is 0 Å². The van der Waals surface area contributed by atoms with Crippen LogP contribution in [0.25, 0.3) is 0 Å². The third-order valence-corrected chi connectivity index (χ3v) is 3.83. The number of hydrogen-bond acceptors (Lipinski definition) is 3. The lowest BCUT2D eigenvalue weighted by Gasteiger charge is -2.19. The second-order valence-electron chi connectivity index (χ2n) is 5.37. The van der Waals surface area contributed by atoms with E-state index < -0.39 is 0 Å². The number of methoxy groups -OCH3 is 1. The molecule has 114 valence electrons. The Morgan fingerprint density at radius 2 is 2.14 bits per heavy atom.